The molecule has 0 unspecified atom stereocenters. The van der Waals surface area contributed by atoms with Gasteiger partial charge in [0.1, 0.15) is 0 Å². The van der Waals surface area contributed by atoms with Crippen LogP contribution in [0.25, 0.3) is 0 Å². The molecule has 1 aliphatic heterocycles. The molecule has 0 aromatic carbocycles. The van der Waals surface area contributed by atoms with Crippen molar-refractivity contribution < 1.29 is 0 Å². The zero-order valence-corrected chi connectivity index (χ0v) is 12.1. The largest absolute Gasteiger partial charge is 0.350 e. The van der Waals surface area contributed by atoms with Gasteiger partial charge >= 0.3 is 0 Å². The maximum absolute atomic E-state index is 5.91. The van der Waals surface area contributed by atoms with Gasteiger partial charge in [-0.3, -0.25) is 0 Å². The van der Waals surface area contributed by atoms with Crippen molar-refractivity contribution in [3.05, 3.63) is 38.7 Å². The van der Waals surface area contributed by atoms with Gasteiger partial charge < -0.3 is 10.6 Å². The number of nitrogens with zero attached hydrogens (tertiary/aromatic N) is 3. The minimum Gasteiger partial charge on any atom is -0.350 e. The highest BCUT2D eigenvalue weighted by molar-refractivity contribution is 7.10. The molecule has 0 fully saturated rings. The summed E-state index contributed by atoms with van der Waals surface area (Å²) in [5.74, 6) is 0.961. The first-order valence-corrected chi connectivity index (χ1v) is 7.41. The molecule has 3 rings (SSSR count). The lowest BCUT2D eigenvalue weighted by molar-refractivity contribution is 0.711. The summed E-state index contributed by atoms with van der Waals surface area (Å²) in [5, 5.41) is 10.8. The summed E-state index contributed by atoms with van der Waals surface area (Å²) in [5.41, 5.74) is 10.6. The number of rotatable bonds is 2. The van der Waals surface area contributed by atoms with Crippen LogP contribution in [0.15, 0.2) is 11.4 Å². The van der Waals surface area contributed by atoms with Crippen molar-refractivity contribution in [2.75, 3.05) is 11.4 Å². The highest BCUT2D eigenvalue weighted by Gasteiger charge is 2.22. The molecule has 0 aliphatic carbocycles. The maximum Gasteiger partial charge on any atom is 0.156 e. The van der Waals surface area contributed by atoms with Gasteiger partial charge in [0, 0.05) is 30.1 Å². The van der Waals surface area contributed by atoms with Crippen LogP contribution >= 0.6 is 11.3 Å². The fraction of sp³-hybridized carbons (Fsp3) is 0.429. The summed E-state index contributed by atoms with van der Waals surface area (Å²) in [6.45, 7) is 6.50. The molecule has 0 radical (unpaired) electrons. The molecule has 100 valence electrons. The zero-order chi connectivity index (χ0) is 13.4. The highest BCUT2D eigenvalue weighted by atomic mass is 32.1. The molecular weight excluding hydrogens is 256 g/mol. The van der Waals surface area contributed by atoms with Crippen LogP contribution < -0.4 is 10.6 Å². The summed E-state index contributed by atoms with van der Waals surface area (Å²) in [6, 6.07) is 2.21. The molecule has 0 saturated heterocycles. The van der Waals surface area contributed by atoms with Gasteiger partial charge in [-0.2, -0.15) is 5.10 Å². The molecule has 4 nitrogen and oxygen atoms in total. The van der Waals surface area contributed by atoms with E-state index in [1.165, 1.54) is 16.0 Å². The predicted octanol–water partition coefficient (Wildman–Crippen LogP) is 2.18. The van der Waals surface area contributed by atoms with Crippen molar-refractivity contribution >= 4 is 17.2 Å². The zero-order valence-electron chi connectivity index (χ0n) is 11.3. The van der Waals surface area contributed by atoms with Gasteiger partial charge in [-0.25, -0.2) is 0 Å². The first kappa shape index (κ1) is 12.6. The van der Waals surface area contributed by atoms with Crippen molar-refractivity contribution in [1.29, 1.82) is 0 Å². The molecule has 2 aromatic rings. The number of thiophene rings is 1. The van der Waals surface area contributed by atoms with Gasteiger partial charge in [0.25, 0.3) is 0 Å². The van der Waals surface area contributed by atoms with Crippen LogP contribution in [0.2, 0.25) is 0 Å². The third-order valence-corrected chi connectivity index (χ3v) is 4.89. The molecule has 0 spiro atoms. The van der Waals surface area contributed by atoms with Crippen LogP contribution in [0.5, 0.6) is 0 Å². The van der Waals surface area contributed by atoms with E-state index < -0.39 is 0 Å². The Bertz CT molecular complexity index is 605. The van der Waals surface area contributed by atoms with Gasteiger partial charge in [0.05, 0.1) is 5.69 Å². The van der Waals surface area contributed by atoms with Crippen LogP contribution in [0.3, 0.4) is 0 Å². The van der Waals surface area contributed by atoms with Gasteiger partial charge in [-0.1, -0.05) is 0 Å². The molecule has 0 bridgehead atoms. The van der Waals surface area contributed by atoms with E-state index in [2.05, 4.69) is 33.5 Å². The van der Waals surface area contributed by atoms with Gasteiger partial charge in [0.15, 0.2) is 5.82 Å². The van der Waals surface area contributed by atoms with Crippen LogP contribution in [0, 0.1) is 13.8 Å². The Morgan fingerprint density at radius 1 is 1.37 bits per heavy atom. The molecule has 3 heterocycles. The average Bonchev–Trinajstić information content (AvgIpc) is 2.89. The number of fused-ring (bicyclic) bond motifs is 1. The number of aromatic nitrogens is 2. The molecule has 0 amide bonds. The number of nitrogens with two attached hydrogens (primary N) is 1. The standard InChI is InChI=1S/C14H18N4S/c1-9-10(2)16-17-14(12(9)7-15)18-5-3-13-11(8-18)4-6-19-13/h4,6H,3,5,7-8,15H2,1-2H3. The first-order valence-electron chi connectivity index (χ1n) is 6.53. The second-order valence-corrected chi connectivity index (χ2v) is 5.96. The topological polar surface area (TPSA) is 55.0 Å². The van der Waals surface area contributed by atoms with E-state index in [1.807, 2.05) is 18.3 Å². The van der Waals surface area contributed by atoms with Crippen LogP contribution in [0.1, 0.15) is 27.3 Å². The second-order valence-electron chi connectivity index (χ2n) is 4.96. The molecular formula is C14H18N4S. The van der Waals surface area contributed by atoms with E-state index in [0.717, 1.165) is 36.6 Å². The quantitative estimate of drug-likeness (QED) is 0.912. The number of hydrogen-bond donors (Lipinski definition) is 1. The molecule has 19 heavy (non-hydrogen) atoms. The van der Waals surface area contributed by atoms with Gasteiger partial charge in [0.2, 0.25) is 0 Å². The van der Waals surface area contributed by atoms with Gasteiger partial charge in [-0.15, -0.1) is 16.4 Å². The normalized spacial score (nSPS) is 14.6. The Morgan fingerprint density at radius 3 is 3.00 bits per heavy atom. The number of anilines is 1. The molecule has 0 saturated carbocycles. The fourth-order valence-electron chi connectivity index (χ4n) is 2.57. The smallest absolute Gasteiger partial charge is 0.156 e. The Kier molecular flexibility index (Phi) is 3.24. The Hall–Kier alpha value is -1.46. The summed E-state index contributed by atoms with van der Waals surface area (Å²) >= 11 is 1.85. The molecule has 0 atom stereocenters. The summed E-state index contributed by atoms with van der Waals surface area (Å²) < 4.78 is 0. The van der Waals surface area contributed by atoms with Crippen molar-refractivity contribution in [3.63, 3.8) is 0 Å². The van der Waals surface area contributed by atoms with E-state index in [0.29, 0.717) is 6.54 Å². The second kappa shape index (κ2) is 4.90. The molecule has 2 aromatic heterocycles. The molecule has 5 heteroatoms. The monoisotopic (exact) mass is 274 g/mol. The minimum atomic E-state index is 0.518. The van der Waals surface area contributed by atoms with Crippen LogP contribution in [-0.2, 0) is 19.5 Å². The summed E-state index contributed by atoms with van der Waals surface area (Å²) in [4.78, 5) is 3.80. The Labute approximate surface area is 117 Å². The molecule has 1 aliphatic rings. The minimum absolute atomic E-state index is 0.518. The highest BCUT2D eigenvalue weighted by Crippen LogP contribution is 2.29. The van der Waals surface area contributed by atoms with Gasteiger partial charge in [-0.05, 0) is 42.8 Å². The Balaban J connectivity index is 1.98. The predicted molar refractivity (Wildman–Crippen MR) is 78.5 cm³/mol. The van der Waals surface area contributed by atoms with Crippen molar-refractivity contribution in [1.82, 2.24) is 10.2 Å². The SMILES string of the molecule is Cc1nnc(N2CCc3sccc3C2)c(CN)c1C. The van der Waals surface area contributed by atoms with Crippen molar-refractivity contribution in [3.8, 4) is 0 Å². The fourth-order valence-corrected chi connectivity index (χ4v) is 3.46. The Morgan fingerprint density at radius 2 is 2.21 bits per heavy atom. The third kappa shape index (κ3) is 2.13. The number of aryl methyl sites for hydroxylation is 1. The van der Waals surface area contributed by atoms with Crippen molar-refractivity contribution in [2.24, 2.45) is 5.73 Å². The van der Waals surface area contributed by atoms with Crippen molar-refractivity contribution in [2.45, 2.75) is 33.4 Å². The first-order chi connectivity index (χ1) is 9.20. The van der Waals surface area contributed by atoms with E-state index in [1.54, 1.807) is 0 Å². The summed E-state index contributed by atoms with van der Waals surface area (Å²) in [6.07, 6.45) is 1.09. The lowest BCUT2D eigenvalue weighted by Gasteiger charge is -2.29. The third-order valence-electron chi connectivity index (χ3n) is 3.87. The van der Waals surface area contributed by atoms with E-state index >= 15 is 0 Å². The molecule has 2 N–H and O–H groups in total. The van der Waals surface area contributed by atoms with Crippen LogP contribution in [-0.4, -0.2) is 16.7 Å². The van der Waals surface area contributed by atoms with E-state index in [4.69, 9.17) is 5.73 Å². The summed E-state index contributed by atoms with van der Waals surface area (Å²) in [7, 11) is 0. The maximum atomic E-state index is 5.91. The van der Waals surface area contributed by atoms with E-state index in [9.17, 15) is 0 Å². The average molecular weight is 274 g/mol. The number of hydrogen-bond acceptors (Lipinski definition) is 5. The van der Waals surface area contributed by atoms with Crippen LogP contribution in [0.4, 0.5) is 5.82 Å². The lowest BCUT2D eigenvalue weighted by atomic mass is 10.1. The lowest BCUT2D eigenvalue weighted by Crippen LogP contribution is -2.32. The van der Waals surface area contributed by atoms with E-state index in [-0.39, 0.29) is 0 Å².